The Balaban J connectivity index is 1.73. The van der Waals surface area contributed by atoms with Crippen LogP contribution in [0.25, 0.3) is 0 Å². The van der Waals surface area contributed by atoms with Crippen LogP contribution in [0.3, 0.4) is 0 Å². The molecule has 8 nitrogen and oxygen atoms in total. The number of carbonyl (C=O) groups is 1. The van der Waals surface area contributed by atoms with Gasteiger partial charge in [0, 0.05) is 33.2 Å². The monoisotopic (exact) mass is 384 g/mol. The summed E-state index contributed by atoms with van der Waals surface area (Å²) in [5.41, 5.74) is -0.160. The Kier molecular flexibility index (Phi) is 4.67. The summed E-state index contributed by atoms with van der Waals surface area (Å²) in [4.78, 5) is 26.4. The number of furan rings is 1. The zero-order valence-corrected chi connectivity index (χ0v) is 14.3. The number of methoxy groups -OCH3 is 1. The molecule has 0 atom stereocenters. The molecule has 0 N–H and O–H groups in total. The van der Waals surface area contributed by atoms with Gasteiger partial charge in [-0.3, -0.25) is 9.36 Å². The van der Waals surface area contributed by atoms with Crippen molar-refractivity contribution in [2.24, 2.45) is 0 Å². The molecule has 2 aromatic rings. The van der Waals surface area contributed by atoms with Crippen LogP contribution < -0.4 is 5.69 Å². The quantitative estimate of drug-likeness (QED) is 0.776. The molecule has 1 aliphatic rings. The lowest BCUT2D eigenvalue weighted by atomic mass is 10.3. The second kappa shape index (κ2) is 6.71. The van der Waals surface area contributed by atoms with Crippen LogP contribution in [-0.4, -0.2) is 52.0 Å². The summed E-state index contributed by atoms with van der Waals surface area (Å²) in [6.07, 6.45) is 0.531. The molecule has 124 valence electrons. The van der Waals surface area contributed by atoms with Crippen LogP contribution in [0.4, 0.5) is 0 Å². The topological polar surface area (TPSA) is 82.5 Å². The highest BCUT2D eigenvalue weighted by molar-refractivity contribution is 9.10. The van der Waals surface area contributed by atoms with Crippen molar-refractivity contribution in [2.75, 3.05) is 26.8 Å². The minimum Gasteiger partial charge on any atom is -0.444 e. The van der Waals surface area contributed by atoms with E-state index in [4.69, 9.17) is 9.15 Å². The molecule has 3 rings (SSSR count). The first kappa shape index (κ1) is 16.0. The number of halogens is 1. The standard InChI is InChI=1S/C14H17BrN4O4/c1-22-9-8-19-14(21)18-7-6-17(5-4-12(18)16-19)13(20)10-2-3-11(15)23-10/h2-3H,4-9H2,1H3. The molecular weight excluding hydrogens is 368 g/mol. The van der Waals surface area contributed by atoms with E-state index >= 15 is 0 Å². The van der Waals surface area contributed by atoms with Crippen molar-refractivity contribution in [2.45, 2.75) is 19.5 Å². The van der Waals surface area contributed by atoms with Gasteiger partial charge in [-0.15, -0.1) is 0 Å². The molecule has 9 heteroatoms. The van der Waals surface area contributed by atoms with Gasteiger partial charge in [0.05, 0.1) is 13.2 Å². The van der Waals surface area contributed by atoms with E-state index in [9.17, 15) is 9.59 Å². The maximum atomic E-state index is 12.4. The summed E-state index contributed by atoms with van der Waals surface area (Å²) in [7, 11) is 1.59. The van der Waals surface area contributed by atoms with Gasteiger partial charge in [0.15, 0.2) is 10.4 Å². The van der Waals surface area contributed by atoms with Gasteiger partial charge in [-0.1, -0.05) is 0 Å². The average Bonchev–Trinajstić information content (AvgIpc) is 3.02. The van der Waals surface area contributed by atoms with E-state index in [2.05, 4.69) is 21.0 Å². The third-order valence-electron chi connectivity index (χ3n) is 3.78. The second-order valence-electron chi connectivity index (χ2n) is 5.21. The summed E-state index contributed by atoms with van der Waals surface area (Å²) in [5.74, 6) is 0.803. The van der Waals surface area contributed by atoms with Crippen LogP contribution in [0.2, 0.25) is 0 Å². The predicted molar refractivity (Wildman–Crippen MR) is 84.4 cm³/mol. The summed E-state index contributed by atoms with van der Waals surface area (Å²) in [5, 5.41) is 4.34. The predicted octanol–water partition coefficient (Wildman–Crippen LogP) is 0.745. The van der Waals surface area contributed by atoms with Crippen molar-refractivity contribution in [3.8, 4) is 0 Å². The van der Waals surface area contributed by atoms with Crippen LogP contribution in [0.5, 0.6) is 0 Å². The van der Waals surface area contributed by atoms with Gasteiger partial charge < -0.3 is 14.1 Å². The Bertz CT molecular complexity index is 763. The van der Waals surface area contributed by atoms with E-state index in [1.165, 1.54) is 4.68 Å². The lowest BCUT2D eigenvalue weighted by Crippen LogP contribution is -2.35. The van der Waals surface area contributed by atoms with E-state index in [0.717, 1.165) is 0 Å². The molecule has 0 spiro atoms. The summed E-state index contributed by atoms with van der Waals surface area (Å²) in [6.45, 7) is 2.24. The fourth-order valence-electron chi connectivity index (χ4n) is 2.57. The lowest BCUT2D eigenvalue weighted by Gasteiger charge is -2.18. The van der Waals surface area contributed by atoms with Gasteiger partial charge in [0.1, 0.15) is 5.82 Å². The Morgan fingerprint density at radius 2 is 2.22 bits per heavy atom. The number of nitrogens with zero attached hydrogens (tertiary/aromatic N) is 4. The van der Waals surface area contributed by atoms with Crippen molar-refractivity contribution < 1.29 is 13.9 Å². The van der Waals surface area contributed by atoms with Crippen molar-refractivity contribution in [3.63, 3.8) is 0 Å². The van der Waals surface area contributed by atoms with Crippen molar-refractivity contribution >= 4 is 21.8 Å². The largest absolute Gasteiger partial charge is 0.444 e. The van der Waals surface area contributed by atoms with Crippen LogP contribution in [0.15, 0.2) is 26.0 Å². The normalized spacial score (nSPS) is 14.6. The molecule has 0 saturated heterocycles. The van der Waals surface area contributed by atoms with Crippen LogP contribution in [0, 0.1) is 0 Å². The van der Waals surface area contributed by atoms with Crippen LogP contribution in [-0.2, 0) is 24.2 Å². The smallest absolute Gasteiger partial charge is 0.346 e. The highest BCUT2D eigenvalue weighted by atomic mass is 79.9. The first-order valence-corrected chi connectivity index (χ1v) is 8.09. The highest BCUT2D eigenvalue weighted by Gasteiger charge is 2.24. The van der Waals surface area contributed by atoms with Crippen molar-refractivity contribution in [3.05, 3.63) is 38.9 Å². The maximum absolute atomic E-state index is 12.4. The number of hydrogen-bond acceptors (Lipinski definition) is 5. The van der Waals surface area contributed by atoms with Crippen LogP contribution in [0.1, 0.15) is 16.4 Å². The Morgan fingerprint density at radius 3 is 2.91 bits per heavy atom. The third kappa shape index (κ3) is 3.25. The van der Waals surface area contributed by atoms with Gasteiger partial charge >= 0.3 is 5.69 Å². The summed E-state index contributed by atoms with van der Waals surface area (Å²) >= 11 is 3.19. The summed E-state index contributed by atoms with van der Waals surface area (Å²) in [6, 6.07) is 3.32. The van der Waals surface area contributed by atoms with Crippen LogP contribution >= 0.6 is 15.9 Å². The number of hydrogen-bond donors (Lipinski definition) is 0. The Labute approximate surface area is 140 Å². The van der Waals surface area contributed by atoms with E-state index in [1.807, 2.05) is 0 Å². The van der Waals surface area contributed by atoms with Gasteiger partial charge in [-0.05, 0) is 28.1 Å². The molecule has 1 aliphatic heterocycles. The van der Waals surface area contributed by atoms with E-state index < -0.39 is 0 Å². The maximum Gasteiger partial charge on any atom is 0.346 e. The molecule has 0 aromatic carbocycles. The zero-order chi connectivity index (χ0) is 16.4. The highest BCUT2D eigenvalue weighted by Crippen LogP contribution is 2.17. The fraction of sp³-hybridized carbons (Fsp3) is 0.500. The first-order valence-electron chi connectivity index (χ1n) is 7.30. The molecule has 0 bridgehead atoms. The number of carbonyl (C=O) groups excluding carboxylic acids is 1. The first-order chi connectivity index (χ1) is 11.1. The zero-order valence-electron chi connectivity index (χ0n) is 12.7. The van der Waals surface area contributed by atoms with Gasteiger partial charge in [0.25, 0.3) is 5.91 Å². The van der Waals surface area contributed by atoms with Gasteiger partial charge in [-0.25, -0.2) is 9.48 Å². The molecule has 0 saturated carbocycles. The molecule has 0 radical (unpaired) electrons. The number of amides is 1. The fourth-order valence-corrected chi connectivity index (χ4v) is 2.88. The van der Waals surface area contributed by atoms with E-state index in [1.54, 1.807) is 28.7 Å². The van der Waals surface area contributed by atoms with Crippen molar-refractivity contribution in [1.82, 2.24) is 19.2 Å². The molecule has 2 aromatic heterocycles. The molecule has 0 fully saturated rings. The van der Waals surface area contributed by atoms with Gasteiger partial charge in [0.2, 0.25) is 0 Å². The third-order valence-corrected chi connectivity index (χ3v) is 4.20. The number of ether oxygens (including phenoxy) is 1. The average molecular weight is 385 g/mol. The number of aromatic nitrogens is 3. The Hall–Kier alpha value is -1.87. The molecule has 1 amide bonds. The SMILES string of the molecule is COCCn1nc2n(c1=O)CCN(C(=O)c1ccc(Br)o1)CC2. The van der Waals surface area contributed by atoms with E-state index in [0.29, 0.717) is 49.7 Å². The molecule has 0 unspecified atom stereocenters. The van der Waals surface area contributed by atoms with E-state index in [-0.39, 0.29) is 17.4 Å². The molecule has 3 heterocycles. The minimum atomic E-state index is -0.179. The molecular formula is C14H17BrN4O4. The van der Waals surface area contributed by atoms with Gasteiger partial charge in [-0.2, -0.15) is 5.10 Å². The lowest BCUT2D eigenvalue weighted by molar-refractivity contribution is 0.0725. The summed E-state index contributed by atoms with van der Waals surface area (Å²) < 4.78 is 13.8. The number of fused-ring (bicyclic) bond motifs is 1. The minimum absolute atomic E-state index is 0.160. The van der Waals surface area contributed by atoms with Crippen molar-refractivity contribution in [1.29, 1.82) is 0 Å². The Morgan fingerprint density at radius 1 is 1.39 bits per heavy atom. The number of rotatable bonds is 4. The second-order valence-corrected chi connectivity index (χ2v) is 5.99. The molecule has 23 heavy (non-hydrogen) atoms. The molecule has 0 aliphatic carbocycles.